The summed E-state index contributed by atoms with van der Waals surface area (Å²) in [6, 6.07) is 0. The lowest BCUT2D eigenvalue weighted by molar-refractivity contribution is -0.166. The molecule has 10 atom stereocenters. The van der Waals surface area contributed by atoms with E-state index >= 15 is 0 Å². The first-order valence-electron chi connectivity index (χ1n) is 16.8. The van der Waals surface area contributed by atoms with Crippen molar-refractivity contribution in [3.8, 4) is 0 Å². The van der Waals surface area contributed by atoms with E-state index in [2.05, 4.69) is 34.6 Å². The molecule has 0 aromatic rings. The smallest absolute Gasteiger partial charge is 0.306 e. The van der Waals surface area contributed by atoms with Gasteiger partial charge in [0.1, 0.15) is 18.5 Å². The van der Waals surface area contributed by atoms with Crippen LogP contribution in [-0.2, 0) is 23.9 Å². The van der Waals surface area contributed by atoms with Crippen molar-refractivity contribution in [3.63, 3.8) is 0 Å². The standard InChI is InChI=1S/C35H58O5/c1-8-10-30(37)39-25-15-18-34(6)24(20-25)12-13-26-27(34)16-19-35(7)28(26)21-29(40-31(38)11-9-2)32(35)33(5,22-36)17-14-23(3)4/h22-29,32H,8-21H2,1-7H3/t24-,25-,26+,27-,28-,29-,32+,33+,34-,35-/m0/s1. The van der Waals surface area contributed by atoms with Crippen LogP contribution in [0.2, 0.25) is 0 Å². The van der Waals surface area contributed by atoms with E-state index in [-0.39, 0.29) is 40.9 Å². The van der Waals surface area contributed by atoms with Crippen LogP contribution in [0.15, 0.2) is 0 Å². The largest absolute Gasteiger partial charge is 0.462 e. The lowest BCUT2D eigenvalue weighted by Gasteiger charge is -2.61. The zero-order valence-corrected chi connectivity index (χ0v) is 26.6. The normalized spacial score (nSPS) is 40.4. The maximum Gasteiger partial charge on any atom is 0.306 e. The molecule has 0 aromatic heterocycles. The van der Waals surface area contributed by atoms with Crippen LogP contribution in [0.3, 0.4) is 0 Å². The Morgan fingerprint density at radius 1 is 0.900 bits per heavy atom. The summed E-state index contributed by atoms with van der Waals surface area (Å²) in [6.07, 6.45) is 14.3. The molecule has 40 heavy (non-hydrogen) atoms. The van der Waals surface area contributed by atoms with Gasteiger partial charge in [-0.25, -0.2) is 0 Å². The Balaban J connectivity index is 1.58. The maximum absolute atomic E-state index is 12.9. The topological polar surface area (TPSA) is 69.7 Å². The highest BCUT2D eigenvalue weighted by Gasteiger charge is 2.66. The van der Waals surface area contributed by atoms with Gasteiger partial charge in [-0.3, -0.25) is 9.59 Å². The van der Waals surface area contributed by atoms with E-state index < -0.39 is 5.41 Å². The van der Waals surface area contributed by atoms with Gasteiger partial charge >= 0.3 is 11.9 Å². The molecule has 5 nitrogen and oxygen atoms in total. The van der Waals surface area contributed by atoms with Crippen LogP contribution in [0, 0.1) is 51.8 Å². The third-order valence-corrected chi connectivity index (χ3v) is 12.4. The molecule has 5 heteroatoms. The Morgan fingerprint density at radius 2 is 1.55 bits per heavy atom. The van der Waals surface area contributed by atoms with Crippen molar-refractivity contribution in [1.29, 1.82) is 0 Å². The van der Waals surface area contributed by atoms with Crippen molar-refractivity contribution in [2.45, 2.75) is 151 Å². The van der Waals surface area contributed by atoms with E-state index in [0.29, 0.717) is 42.4 Å². The summed E-state index contributed by atoms with van der Waals surface area (Å²) >= 11 is 0. The molecule has 0 unspecified atom stereocenters. The molecular weight excluding hydrogens is 500 g/mol. The minimum absolute atomic E-state index is 0.00104. The SMILES string of the molecule is CCCC(=O)O[C@H]1CC[C@@]2(C)[C@@H](CC[C@@H]3[C@@H]2CC[C@@]2(C)[C@H]3C[C@H](OC(=O)CCC)[C@@H]2[C@@](C)(C=O)CCC(C)C)C1. The van der Waals surface area contributed by atoms with E-state index in [1.54, 1.807) is 0 Å². The van der Waals surface area contributed by atoms with Gasteiger partial charge in [0.05, 0.1) is 0 Å². The van der Waals surface area contributed by atoms with Crippen molar-refractivity contribution in [2.75, 3.05) is 0 Å². The average Bonchev–Trinajstić information content (AvgIpc) is 3.20. The van der Waals surface area contributed by atoms with Gasteiger partial charge < -0.3 is 14.3 Å². The summed E-state index contributed by atoms with van der Waals surface area (Å²) in [5, 5.41) is 0. The van der Waals surface area contributed by atoms with Gasteiger partial charge in [0.2, 0.25) is 0 Å². The summed E-state index contributed by atoms with van der Waals surface area (Å²) in [4.78, 5) is 38.0. The summed E-state index contributed by atoms with van der Waals surface area (Å²) < 4.78 is 12.2. The van der Waals surface area contributed by atoms with Crippen molar-refractivity contribution < 1.29 is 23.9 Å². The van der Waals surface area contributed by atoms with E-state index in [0.717, 1.165) is 57.8 Å². The van der Waals surface area contributed by atoms with Gasteiger partial charge in [-0.15, -0.1) is 0 Å². The Labute approximate surface area is 244 Å². The highest BCUT2D eigenvalue weighted by Crippen LogP contribution is 2.70. The number of aldehydes is 1. The van der Waals surface area contributed by atoms with Gasteiger partial charge in [-0.05, 0) is 111 Å². The number of ether oxygens (including phenoxy) is 2. The van der Waals surface area contributed by atoms with Crippen LogP contribution in [0.25, 0.3) is 0 Å². The van der Waals surface area contributed by atoms with Gasteiger partial charge in [-0.2, -0.15) is 0 Å². The van der Waals surface area contributed by atoms with E-state index in [9.17, 15) is 14.4 Å². The number of esters is 2. The predicted molar refractivity (Wildman–Crippen MR) is 158 cm³/mol. The molecule has 0 amide bonds. The van der Waals surface area contributed by atoms with E-state index in [1.807, 2.05) is 13.8 Å². The van der Waals surface area contributed by atoms with Crippen LogP contribution < -0.4 is 0 Å². The highest BCUT2D eigenvalue weighted by molar-refractivity contribution is 5.70. The number of hydrogen-bond acceptors (Lipinski definition) is 5. The molecule has 0 aliphatic heterocycles. The molecule has 4 fully saturated rings. The molecule has 0 spiro atoms. The lowest BCUT2D eigenvalue weighted by Crippen LogP contribution is -2.55. The minimum atomic E-state index is -0.487. The first kappa shape index (κ1) is 31.5. The van der Waals surface area contributed by atoms with Crippen LogP contribution >= 0.6 is 0 Å². The Morgan fingerprint density at radius 3 is 2.17 bits per heavy atom. The monoisotopic (exact) mass is 558 g/mol. The van der Waals surface area contributed by atoms with Crippen molar-refractivity contribution in [1.82, 2.24) is 0 Å². The van der Waals surface area contributed by atoms with E-state index in [4.69, 9.17) is 9.47 Å². The van der Waals surface area contributed by atoms with Crippen molar-refractivity contribution >= 4 is 18.2 Å². The second-order valence-corrected chi connectivity index (χ2v) is 15.4. The third-order valence-electron chi connectivity index (χ3n) is 12.4. The molecule has 228 valence electrons. The predicted octanol–water partition coefficient (Wildman–Crippen LogP) is 8.32. The number of hydrogen-bond donors (Lipinski definition) is 0. The fraction of sp³-hybridized carbons (Fsp3) is 0.914. The zero-order chi connectivity index (χ0) is 29.3. The minimum Gasteiger partial charge on any atom is -0.462 e. The fourth-order valence-electron chi connectivity index (χ4n) is 10.4. The van der Waals surface area contributed by atoms with Gasteiger partial charge in [0, 0.05) is 24.2 Å². The van der Waals surface area contributed by atoms with Crippen LogP contribution in [0.4, 0.5) is 0 Å². The molecule has 0 bridgehead atoms. The molecule has 4 aliphatic carbocycles. The molecular formula is C35H58O5. The average molecular weight is 559 g/mol. The number of carbonyl (C=O) groups excluding carboxylic acids is 3. The summed E-state index contributed by atoms with van der Waals surface area (Å²) in [6.45, 7) is 15.7. The van der Waals surface area contributed by atoms with Crippen LogP contribution in [0.1, 0.15) is 138 Å². The Bertz CT molecular complexity index is 913. The molecule has 0 saturated heterocycles. The Hall–Kier alpha value is -1.39. The third kappa shape index (κ3) is 5.91. The van der Waals surface area contributed by atoms with Gasteiger partial charge in [0.15, 0.2) is 0 Å². The summed E-state index contributed by atoms with van der Waals surface area (Å²) in [7, 11) is 0. The summed E-state index contributed by atoms with van der Waals surface area (Å²) in [5.74, 6) is 2.82. The second-order valence-electron chi connectivity index (χ2n) is 15.4. The van der Waals surface area contributed by atoms with Gasteiger partial charge in [-0.1, -0.05) is 54.9 Å². The molecule has 0 heterocycles. The van der Waals surface area contributed by atoms with Crippen molar-refractivity contribution in [3.05, 3.63) is 0 Å². The lowest BCUT2D eigenvalue weighted by atomic mass is 9.44. The summed E-state index contributed by atoms with van der Waals surface area (Å²) in [5.41, 5.74) is -0.212. The number of fused-ring (bicyclic) bond motifs is 5. The fourth-order valence-corrected chi connectivity index (χ4v) is 10.4. The highest BCUT2D eigenvalue weighted by atomic mass is 16.5. The second kappa shape index (κ2) is 12.5. The zero-order valence-electron chi connectivity index (χ0n) is 26.6. The number of carbonyl (C=O) groups is 3. The Kier molecular flexibility index (Phi) is 9.82. The van der Waals surface area contributed by atoms with Crippen molar-refractivity contribution in [2.24, 2.45) is 51.8 Å². The molecule has 0 radical (unpaired) electrons. The quantitative estimate of drug-likeness (QED) is 0.188. The molecule has 4 aliphatic rings. The van der Waals surface area contributed by atoms with Gasteiger partial charge in [0.25, 0.3) is 0 Å². The molecule has 0 aromatic carbocycles. The molecule has 4 rings (SSSR count). The van der Waals surface area contributed by atoms with Crippen LogP contribution in [0.5, 0.6) is 0 Å². The van der Waals surface area contributed by atoms with Crippen LogP contribution in [-0.4, -0.2) is 30.4 Å². The van der Waals surface area contributed by atoms with E-state index in [1.165, 1.54) is 25.5 Å². The number of rotatable bonds is 11. The first-order chi connectivity index (χ1) is 18.9. The molecule has 4 saturated carbocycles. The first-order valence-corrected chi connectivity index (χ1v) is 16.8. The maximum atomic E-state index is 12.9. The molecule has 0 N–H and O–H groups in total.